The van der Waals surface area contributed by atoms with Crippen LogP contribution in [0.4, 0.5) is 5.69 Å². The van der Waals surface area contributed by atoms with E-state index in [-0.39, 0.29) is 0 Å². The number of rotatable bonds is 5. The van der Waals surface area contributed by atoms with E-state index >= 15 is 0 Å². The zero-order valence-electron chi connectivity index (χ0n) is 10.4. The van der Waals surface area contributed by atoms with Gasteiger partial charge in [-0.1, -0.05) is 6.92 Å². The molecule has 2 nitrogen and oxygen atoms in total. The zero-order chi connectivity index (χ0) is 11.5. The highest BCUT2D eigenvalue weighted by Crippen LogP contribution is 2.36. The van der Waals surface area contributed by atoms with Crippen LogP contribution in [0.5, 0.6) is 5.75 Å². The van der Waals surface area contributed by atoms with Gasteiger partial charge in [-0.3, -0.25) is 0 Å². The molecule has 1 saturated carbocycles. The third-order valence-electron chi connectivity index (χ3n) is 3.38. The summed E-state index contributed by atoms with van der Waals surface area (Å²) >= 11 is 0. The molecule has 0 bridgehead atoms. The Hall–Kier alpha value is -1.18. The molecule has 1 aliphatic rings. The van der Waals surface area contributed by atoms with E-state index in [2.05, 4.69) is 31.3 Å². The van der Waals surface area contributed by atoms with Gasteiger partial charge in [-0.25, -0.2) is 0 Å². The van der Waals surface area contributed by atoms with Gasteiger partial charge in [-0.05, 0) is 55.9 Å². The molecular weight excluding hydrogens is 198 g/mol. The second-order valence-corrected chi connectivity index (χ2v) is 4.68. The van der Waals surface area contributed by atoms with Crippen molar-refractivity contribution in [2.75, 3.05) is 12.4 Å². The van der Waals surface area contributed by atoms with E-state index in [9.17, 15) is 0 Å². The van der Waals surface area contributed by atoms with Crippen molar-refractivity contribution in [3.8, 4) is 5.75 Å². The van der Waals surface area contributed by atoms with Crippen molar-refractivity contribution in [1.82, 2.24) is 0 Å². The topological polar surface area (TPSA) is 21.3 Å². The van der Waals surface area contributed by atoms with Crippen LogP contribution in [0.15, 0.2) is 18.2 Å². The number of benzene rings is 1. The van der Waals surface area contributed by atoms with Gasteiger partial charge in [0, 0.05) is 11.7 Å². The first-order chi connectivity index (χ1) is 7.74. The molecule has 2 heteroatoms. The number of methoxy groups -OCH3 is 1. The quantitative estimate of drug-likeness (QED) is 0.817. The van der Waals surface area contributed by atoms with Crippen molar-refractivity contribution in [2.45, 2.75) is 39.2 Å². The lowest BCUT2D eigenvalue weighted by molar-refractivity contribution is 0.411. The fourth-order valence-electron chi connectivity index (χ4n) is 2.23. The van der Waals surface area contributed by atoms with Gasteiger partial charge in [0.15, 0.2) is 0 Å². The van der Waals surface area contributed by atoms with E-state index < -0.39 is 0 Å². The van der Waals surface area contributed by atoms with Crippen LogP contribution in [0.25, 0.3) is 0 Å². The number of hydrogen-bond donors (Lipinski definition) is 1. The van der Waals surface area contributed by atoms with Gasteiger partial charge in [0.2, 0.25) is 0 Å². The maximum absolute atomic E-state index is 5.26. The highest BCUT2D eigenvalue weighted by molar-refractivity contribution is 5.51. The first-order valence-electron chi connectivity index (χ1n) is 6.15. The summed E-state index contributed by atoms with van der Waals surface area (Å²) in [6.45, 7) is 4.34. The first-order valence-corrected chi connectivity index (χ1v) is 6.15. The van der Waals surface area contributed by atoms with Gasteiger partial charge in [0.1, 0.15) is 5.75 Å². The molecule has 0 heterocycles. The first kappa shape index (κ1) is 11.3. The molecule has 1 aliphatic carbocycles. The van der Waals surface area contributed by atoms with Gasteiger partial charge in [-0.2, -0.15) is 0 Å². The Morgan fingerprint density at radius 1 is 1.44 bits per heavy atom. The molecule has 1 unspecified atom stereocenters. The third-order valence-corrected chi connectivity index (χ3v) is 3.38. The number of aryl methyl sites for hydroxylation is 1. The lowest BCUT2D eigenvalue weighted by Gasteiger charge is -2.18. The smallest absolute Gasteiger partial charge is 0.121 e. The predicted molar refractivity (Wildman–Crippen MR) is 68.2 cm³/mol. The van der Waals surface area contributed by atoms with E-state index in [1.165, 1.54) is 30.5 Å². The van der Waals surface area contributed by atoms with E-state index in [1.807, 2.05) is 6.07 Å². The molecule has 0 saturated heterocycles. The van der Waals surface area contributed by atoms with E-state index in [4.69, 9.17) is 4.74 Å². The molecule has 16 heavy (non-hydrogen) atoms. The Balaban J connectivity index is 2.05. The third kappa shape index (κ3) is 2.49. The molecule has 1 aromatic carbocycles. The van der Waals surface area contributed by atoms with Crippen LogP contribution in [0.1, 0.15) is 31.7 Å². The molecule has 1 fully saturated rings. The highest BCUT2D eigenvalue weighted by Gasteiger charge is 2.29. The molecular formula is C14H21NO. The van der Waals surface area contributed by atoms with Gasteiger partial charge in [0.25, 0.3) is 0 Å². The normalized spacial score (nSPS) is 16.9. The van der Waals surface area contributed by atoms with Crippen LogP contribution in [-0.2, 0) is 0 Å². The van der Waals surface area contributed by atoms with E-state index in [1.54, 1.807) is 7.11 Å². The molecule has 1 aromatic rings. The monoisotopic (exact) mass is 219 g/mol. The van der Waals surface area contributed by atoms with Crippen molar-refractivity contribution in [3.05, 3.63) is 23.8 Å². The van der Waals surface area contributed by atoms with Crippen molar-refractivity contribution >= 4 is 5.69 Å². The van der Waals surface area contributed by atoms with E-state index in [0.717, 1.165) is 11.7 Å². The molecule has 0 aromatic heterocycles. The van der Waals surface area contributed by atoms with Gasteiger partial charge in [0.05, 0.1) is 7.11 Å². The van der Waals surface area contributed by atoms with Gasteiger partial charge >= 0.3 is 0 Å². The molecule has 0 aliphatic heterocycles. The van der Waals surface area contributed by atoms with Crippen molar-refractivity contribution in [2.24, 2.45) is 5.92 Å². The summed E-state index contributed by atoms with van der Waals surface area (Å²) < 4.78 is 5.26. The molecule has 1 atom stereocenters. The lowest BCUT2D eigenvalue weighted by Crippen LogP contribution is -2.20. The molecule has 0 amide bonds. The fraction of sp³-hybridized carbons (Fsp3) is 0.571. The minimum absolute atomic E-state index is 0.646. The minimum Gasteiger partial charge on any atom is -0.496 e. The summed E-state index contributed by atoms with van der Waals surface area (Å²) in [5.41, 5.74) is 2.41. The Kier molecular flexibility index (Phi) is 3.37. The van der Waals surface area contributed by atoms with Gasteiger partial charge in [-0.15, -0.1) is 0 Å². The van der Waals surface area contributed by atoms with Crippen LogP contribution < -0.4 is 10.1 Å². The van der Waals surface area contributed by atoms with Crippen LogP contribution in [0, 0.1) is 12.8 Å². The van der Waals surface area contributed by atoms with Crippen LogP contribution in [0.2, 0.25) is 0 Å². The summed E-state index contributed by atoms with van der Waals surface area (Å²) in [6.07, 6.45) is 3.98. The number of anilines is 1. The van der Waals surface area contributed by atoms with E-state index in [0.29, 0.717) is 6.04 Å². The summed E-state index contributed by atoms with van der Waals surface area (Å²) in [6, 6.07) is 6.96. The second kappa shape index (κ2) is 4.77. The maximum atomic E-state index is 5.26. The standard InChI is InChI=1S/C14H21NO/c1-4-13(11-5-6-11)15-12-7-8-14(16-3)10(2)9-12/h7-9,11,13,15H,4-6H2,1-3H3. The van der Waals surface area contributed by atoms with Crippen LogP contribution >= 0.6 is 0 Å². The zero-order valence-corrected chi connectivity index (χ0v) is 10.4. The fourth-order valence-corrected chi connectivity index (χ4v) is 2.23. The SMILES string of the molecule is CCC(Nc1ccc(OC)c(C)c1)C1CC1. The number of nitrogens with one attached hydrogen (secondary N) is 1. The summed E-state index contributed by atoms with van der Waals surface area (Å²) in [5.74, 6) is 1.86. The number of hydrogen-bond acceptors (Lipinski definition) is 2. The lowest BCUT2D eigenvalue weighted by atomic mass is 10.1. The summed E-state index contributed by atoms with van der Waals surface area (Å²) in [4.78, 5) is 0. The summed E-state index contributed by atoms with van der Waals surface area (Å²) in [5, 5.41) is 3.63. The Bertz CT molecular complexity index is 358. The number of ether oxygens (including phenoxy) is 1. The molecule has 2 rings (SSSR count). The highest BCUT2D eigenvalue weighted by atomic mass is 16.5. The average Bonchev–Trinajstić information content (AvgIpc) is 3.10. The van der Waals surface area contributed by atoms with Crippen molar-refractivity contribution in [3.63, 3.8) is 0 Å². The molecule has 0 spiro atoms. The summed E-state index contributed by atoms with van der Waals surface area (Å²) in [7, 11) is 1.72. The Labute approximate surface area is 98.0 Å². The largest absolute Gasteiger partial charge is 0.496 e. The Morgan fingerprint density at radius 2 is 2.19 bits per heavy atom. The second-order valence-electron chi connectivity index (χ2n) is 4.68. The molecule has 88 valence electrons. The average molecular weight is 219 g/mol. The van der Waals surface area contributed by atoms with Crippen LogP contribution in [0.3, 0.4) is 0 Å². The van der Waals surface area contributed by atoms with Gasteiger partial charge < -0.3 is 10.1 Å². The molecule has 0 radical (unpaired) electrons. The maximum Gasteiger partial charge on any atom is 0.121 e. The predicted octanol–water partition coefficient (Wildman–Crippen LogP) is 3.60. The minimum atomic E-state index is 0.646. The van der Waals surface area contributed by atoms with Crippen LogP contribution in [-0.4, -0.2) is 13.2 Å². The Morgan fingerprint density at radius 3 is 2.69 bits per heavy atom. The van der Waals surface area contributed by atoms with Crippen molar-refractivity contribution in [1.29, 1.82) is 0 Å². The molecule has 1 N–H and O–H groups in total. The van der Waals surface area contributed by atoms with Crippen molar-refractivity contribution < 1.29 is 4.74 Å².